The van der Waals surface area contributed by atoms with Crippen molar-refractivity contribution in [3.05, 3.63) is 23.9 Å². The van der Waals surface area contributed by atoms with Crippen LogP contribution in [-0.4, -0.2) is 24.0 Å². The molecule has 0 spiro atoms. The molecule has 1 heterocycles. The van der Waals surface area contributed by atoms with Crippen LogP contribution in [0.5, 0.6) is 0 Å². The molecule has 1 saturated carbocycles. The summed E-state index contributed by atoms with van der Waals surface area (Å²) in [7, 11) is 1.81. The Balaban J connectivity index is 1.97. The summed E-state index contributed by atoms with van der Waals surface area (Å²) in [5.41, 5.74) is 0.631. The van der Waals surface area contributed by atoms with Gasteiger partial charge < -0.3 is 10.6 Å². The molecule has 0 aromatic carbocycles. The summed E-state index contributed by atoms with van der Waals surface area (Å²) >= 11 is 0. The molecule has 1 fully saturated rings. The van der Waals surface area contributed by atoms with Gasteiger partial charge in [0.25, 0.3) is 5.91 Å². The maximum absolute atomic E-state index is 12.2. The lowest BCUT2D eigenvalue weighted by Crippen LogP contribution is -2.37. The van der Waals surface area contributed by atoms with Gasteiger partial charge in [0.05, 0.1) is 5.56 Å². The number of nitrogens with zero attached hydrogens (tertiary/aromatic N) is 1. The van der Waals surface area contributed by atoms with Gasteiger partial charge in [0.1, 0.15) is 5.82 Å². The molecule has 1 amide bonds. The van der Waals surface area contributed by atoms with Gasteiger partial charge in [-0.1, -0.05) is 20.3 Å². The van der Waals surface area contributed by atoms with E-state index in [0.717, 1.165) is 18.2 Å². The van der Waals surface area contributed by atoms with Crippen molar-refractivity contribution < 1.29 is 4.79 Å². The summed E-state index contributed by atoms with van der Waals surface area (Å²) in [4.78, 5) is 16.3. The maximum Gasteiger partial charge on any atom is 0.253 e. The van der Waals surface area contributed by atoms with Crippen molar-refractivity contribution in [1.29, 1.82) is 0 Å². The fraction of sp³-hybridized carbons (Fsp3) is 0.600. The first-order valence-corrected chi connectivity index (χ1v) is 7.10. The molecule has 2 N–H and O–H groups in total. The second kappa shape index (κ2) is 6.04. The summed E-state index contributed by atoms with van der Waals surface area (Å²) in [5.74, 6) is 2.08. The number of hydrogen-bond acceptors (Lipinski definition) is 3. The Labute approximate surface area is 115 Å². The largest absolute Gasteiger partial charge is 0.373 e. The van der Waals surface area contributed by atoms with Gasteiger partial charge >= 0.3 is 0 Å². The van der Waals surface area contributed by atoms with E-state index in [9.17, 15) is 4.79 Å². The molecule has 19 heavy (non-hydrogen) atoms. The maximum atomic E-state index is 12.2. The Morgan fingerprint density at radius 1 is 1.42 bits per heavy atom. The molecule has 1 aliphatic carbocycles. The van der Waals surface area contributed by atoms with E-state index in [1.807, 2.05) is 19.2 Å². The van der Waals surface area contributed by atoms with E-state index >= 15 is 0 Å². The molecule has 0 saturated heterocycles. The summed E-state index contributed by atoms with van der Waals surface area (Å²) in [5, 5.41) is 6.09. The first-order valence-electron chi connectivity index (χ1n) is 7.10. The number of aromatic nitrogens is 1. The average Bonchev–Trinajstić information content (AvgIpc) is 2.79. The minimum atomic E-state index is -0.0104. The lowest BCUT2D eigenvalue weighted by atomic mass is 9.93. The fourth-order valence-electron chi connectivity index (χ4n) is 2.96. The highest BCUT2D eigenvalue weighted by Gasteiger charge is 2.32. The lowest BCUT2D eigenvalue weighted by molar-refractivity contribution is 0.0926. The van der Waals surface area contributed by atoms with Crippen LogP contribution in [0.15, 0.2) is 18.3 Å². The van der Waals surface area contributed by atoms with Crippen molar-refractivity contribution >= 4 is 11.7 Å². The number of pyridine rings is 1. The zero-order chi connectivity index (χ0) is 13.8. The molecule has 1 aromatic heterocycles. The molecule has 0 bridgehead atoms. The van der Waals surface area contributed by atoms with E-state index < -0.39 is 0 Å². The molecule has 3 atom stereocenters. The van der Waals surface area contributed by atoms with Crippen LogP contribution in [0.4, 0.5) is 5.82 Å². The third-order valence-electron chi connectivity index (χ3n) is 4.35. The minimum Gasteiger partial charge on any atom is -0.373 e. The van der Waals surface area contributed by atoms with Crippen LogP contribution in [0.1, 0.15) is 43.5 Å². The molecular weight excluding hydrogens is 238 g/mol. The Morgan fingerprint density at radius 3 is 2.74 bits per heavy atom. The normalized spacial score (nSPS) is 26.2. The zero-order valence-electron chi connectivity index (χ0n) is 11.9. The van der Waals surface area contributed by atoms with Gasteiger partial charge in [-0.15, -0.1) is 0 Å². The summed E-state index contributed by atoms with van der Waals surface area (Å²) in [6.45, 7) is 4.47. The molecule has 0 radical (unpaired) electrons. The van der Waals surface area contributed by atoms with Gasteiger partial charge in [-0.3, -0.25) is 4.79 Å². The molecule has 4 nitrogen and oxygen atoms in total. The van der Waals surface area contributed by atoms with Crippen LogP contribution in [0.2, 0.25) is 0 Å². The fourth-order valence-corrected chi connectivity index (χ4v) is 2.96. The topological polar surface area (TPSA) is 54.0 Å². The molecule has 104 valence electrons. The van der Waals surface area contributed by atoms with Crippen molar-refractivity contribution in [2.24, 2.45) is 11.8 Å². The summed E-state index contributed by atoms with van der Waals surface area (Å²) in [6, 6.07) is 3.94. The standard InChI is InChI=1S/C15H23N3O/c1-4-11-5-7-13(10(11)2)18-15(19)12-6-8-14(16-3)17-9-12/h6,8-11,13H,4-5,7H2,1-3H3,(H,16,17)(H,18,19). The summed E-state index contributed by atoms with van der Waals surface area (Å²) < 4.78 is 0. The van der Waals surface area contributed by atoms with E-state index in [-0.39, 0.29) is 5.91 Å². The van der Waals surface area contributed by atoms with Crippen LogP contribution < -0.4 is 10.6 Å². The summed E-state index contributed by atoms with van der Waals surface area (Å²) in [6.07, 6.45) is 5.14. The minimum absolute atomic E-state index is 0.0104. The number of hydrogen-bond donors (Lipinski definition) is 2. The Hall–Kier alpha value is -1.58. The van der Waals surface area contributed by atoms with Crippen LogP contribution in [0.25, 0.3) is 0 Å². The van der Waals surface area contributed by atoms with Crippen molar-refractivity contribution in [2.75, 3.05) is 12.4 Å². The van der Waals surface area contributed by atoms with Gasteiger partial charge in [-0.2, -0.15) is 0 Å². The lowest BCUT2D eigenvalue weighted by Gasteiger charge is -2.21. The highest BCUT2D eigenvalue weighted by Crippen LogP contribution is 2.33. The van der Waals surface area contributed by atoms with Crippen LogP contribution in [0, 0.1) is 11.8 Å². The van der Waals surface area contributed by atoms with Crippen molar-refractivity contribution in [1.82, 2.24) is 10.3 Å². The van der Waals surface area contributed by atoms with Gasteiger partial charge in [-0.25, -0.2) is 4.98 Å². The first kappa shape index (κ1) is 13.8. The smallest absolute Gasteiger partial charge is 0.253 e. The van der Waals surface area contributed by atoms with E-state index in [1.54, 1.807) is 6.20 Å². The predicted octanol–water partition coefficient (Wildman–Crippen LogP) is 2.68. The molecule has 3 unspecified atom stereocenters. The number of carbonyl (C=O) groups excluding carboxylic acids is 1. The number of amides is 1. The van der Waals surface area contributed by atoms with Crippen LogP contribution in [0.3, 0.4) is 0 Å². The van der Waals surface area contributed by atoms with Gasteiger partial charge in [0.15, 0.2) is 0 Å². The number of rotatable bonds is 4. The van der Waals surface area contributed by atoms with Crippen molar-refractivity contribution in [3.8, 4) is 0 Å². The molecular formula is C15H23N3O. The molecule has 1 aliphatic rings. The molecule has 2 rings (SSSR count). The Kier molecular flexibility index (Phi) is 4.40. The zero-order valence-corrected chi connectivity index (χ0v) is 11.9. The van der Waals surface area contributed by atoms with Crippen molar-refractivity contribution in [2.45, 2.75) is 39.2 Å². The third kappa shape index (κ3) is 3.06. The van der Waals surface area contributed by atoms with Crippen molar-refractivity contribution in [3.63, 3.8) is 0 Å². The highest BCUT2D eigenvalue weighted by molar-refractivity contribution is 5.94. The van der Waals surface area contributed by atoms with Crippen LogP contribution >= 0.6 is 0 Å². The van der Waals surface area contributed by atoms with E-state index in [0.29, 0.717) is 17.5 Å². The quantitative estimate of drug-likeness (QED) is 0.876. The second-order valence-corrected chi connectivity index (χ2v) is 5.37. The highest BCUT2D eigenvalue weighted by atomic mass is 16.1. The Morgan fingerprint density at radius 2 is 2.21 bits per heavy atom. The molecule has 1 aromatic rings. The Bertz CT molecular complexity index is 430. The number of anilines is 1. The monoisotopic (exact) mass is 261 g/mol. The third-order valence-corrected chi connectivity index (χ3v) is 4.35. The average molecular weight is 261 g/mol. The molecule has 4 heteroatoms. The predicted molar refractivity (Wildman–Crippen MR) is 77.2 cm³/mol. The van der Waals surface area contributed by atoms with E-state index in [1.165, 1.54) is 12.8 Å². The van der Waals surface area contributed by atoms with Gasteiger partial charge in [0, 0.05) is 19.3 Å². The number of carbonyl (C=O) groups is 1. The van der Waals surface area contributed by atoms with E-state index in [2.05, 4.69) is 29.5 Å². The first-order chi connectivity index (χ1) is 9.15. The van der Waals surface area contributed by atoms with Gasteiger partial charge in [0.2, 0.25) is 0 Å². The molecule has 0 aliphatic heterocycles. The van der Waals surface area contributed by atoms with Gasteiger partial charge in [-0.05, 0) is 36.8 Å². The number of nitrogens with one attached hydrogen (secondary N) is 2. The SMILES string of the molecule is CCC1CCC(NC(=O)c2ccc(NC)nc2)C1C. The second-order valence-electron chi connectivity index (χ2n) is 5.37. The van der Waals surface area contributed by atoms with E-state index in [4.69, 9.17) is 0 Å². The van der Waals surface area contributed by atoms with Crippen LogP contribution in [-0.2, 0) is 0 Å².